The van der Waals surface area contributed by atoms with Crippen molar-refractivity contribution < 1.29 is 19.1 Å². The number of fused-ring (bicyclic) bond motifs is 1. The van der Waals surface area contributed by atoms with Crippen LogP contribution in [0.5, 0.6) is 5.75 Å². The molecular weight excluding hydrogens is 404 g/mol. The molecule has 32 heavy (non-hydrogen) atoms. The number of aryl methyl sites for hydroxylation is 1. The molecule has 1 aliphatic rings. The van der Waals surface area contributed by atoms with E-state index in [4.69, 9.17) is 9.47 Å². The van der Waals surface area contributed by atoms with Gasteiger partial charge in [0, 0.05) is 37.3 Å². The number of rotatable bonds is 7. The highest BCUT2D eigenvalue weighted by Crippen LogP contribution is 2.30. The largest absolute Gasteiger partial charge is 0.426 e. The van der Waals surface area contributed by atoms with E-state index < -0.39 is 0 Å². The molecule has 1 aliphatic heterocycles. The van der Waals surface area contributed by atoms with Crippen LogP contribution in [-0.2, 0) is 16.1 Å². The van der Waals surface area contributed by atoms with Gasteiger partial charge < -0.3 is 14.8 Å². The number of morpholine rings is 1. The van der Waals surface area contributed by atoms with Crippen molar-refractivity contribution in [1.82, 2.24) is 10.2 Å². The lowest BCUT2D eigenvalue weighted by atomic mass is 10.0. The highest BCUT2D eigenvalue weighted by Gasteiger charge is 2.18. The van der Waals surface area contributed by atoms with Crippen LogP contribution in [0.25, 0.3) is 10.8 Å². The molecule has 6 nitrogen and oxygen atoms in total. The zero-order chi connectivity index (χ0) is 22.3. The fourth-order valence-corrected chi connectivity index (χ4v) is 3.93. The van der Waals surface area contributed by atoms with E-state index in [9.17, 15) is 9.59 Å². The number of nitrogens with zero attached hydrogens (tertiary/aromatic N) is 1. The van der Waals surface area contributed by atoms with Gasteiger partial charge in [-0.25, -0.2) is 0 Å². The predicted octanol–water partition coefficient (Wildman–Crippen LogP) is 3.71. The van der Waals surface area contributed by atoms with E-state index in [1.54, 1.807) is 6.07 Å². The topological polar surface area (TPSA) is 67.9 Å². The molecule has 0 bridgehead atoms. The second-order valence-electron chi connectivity index (χ2n) is 7.95. The van der Waals surface area contributed by atoms with Gasteiger partial charge in [0.25, 0.3) is 5.91 Å². The number of ether oxygens (including phenoxy) is 2. The van der Waals surface area contributed by atoms with Crippen LogP contribution in [0.3, 0.4) is 0 Å². The van der Waals surface area contributed by atoms with Crippen LogP contribution < -0.4 is 10.1 Å². The van der Waals surface area contributed by atoms with E-state index in [2.05, 4.69) is 22.3 Å². The minimum Gasteiger partial charge on any atom is -0.426 e. The van der Waals surface area contributed by atoms with Gasteiger partial charge in [-0.1, -0.05) is 48.5 Å². The Balaban J connectivity index is 1.42. The molecule has 0 atom stereocenters. The normalized spacial score (nSPS) is 14.3. The van der Waals surface area contributed by atoms with Crippen molar-refractivity contribution in [3.8, 4) is 5.75 Å². The van der Waals surface area contributed by atoms with Gasteiger partial charge in [0.2, 0.25) is 0 Å². The molecule has 0 saturated carbocycles. The van der Waals surface area contributed by atoms with Gasteiger partial charge in [0.1, 0.15) is 5.75 Å². The number of hydrogen-bond acceptors (Lipinski definition) is 5. The Morgan fingerprint density at radius 1 is 1.00 bits per heavy atom. The second kappa shape index (κ2) is 10.4. The molecule has 1 fully saturated rings. The summed E-state index contributed by atoms with van der Waals surface area (Å²) in [5, 5.41) is 5.00. The average Bonchev–Trinajstić information content (AvgIpc) is 2.81. The van der Waals surface area contributed by atoms with Crippen molar-refractivity contribution in [3.63, 3.8) is 0 Å². The molecule has 6 heteroatoms. The molecule has 3 aromatic rings. The molecule has 0 aliphatic carbocycles. The van der Waals surface area contributed by atoms with Crippen LogP contribution in [0.4, 0.5) is 0 Å². The van der Waals surface area contributed by atoms with Crippen LogP contribution in [-0.4, -0.2) is 49.6 Å². The molecule has 1 N–H and O–H groups in total. The number of amides is 1. The molecule has 1 amide bonds. The zero-order valence-electron chi connectivity index (χ0n) is 18.3. The first-order chi connectivity index (χ1) is 15.6. The van der Waals surface area contributed by atoms with Crippen LogP contribution >= 0.6 is 0 Å². The number of hydrogen-bond donors (Lipinski definition) is 1. The summed E-state index contributed by atoms with van der Waals surface area (Å²) >= 11 is 0. The van der Waals surface area contributed by atoms with Crippen LogP contribution in [0, 0.1) is 6.92 Å². The summed E-state index contributed by atoms with van der Waals surface area (Å²) in [6, 6.07) is 19.3. The monoisotopic (exact) mass is 432 g/mol. The van der Waals surface area contributed by atoms with Gasteiger partial charge in [-0.3, -0.25) is 14.5 Å². The zero-order valence-corrected chi connectivity index (χ0v) is 18.3. The van der Waals surface area contributed by atoms with Gasteiger partial charge in [-0.05, 0) is 35.4 Å². The fourth-order valence-electron chi connectivity index (χ4n) is 3.93. The van der Waals surface area contributed by atoms with E-state index in [1.807, 2.05) is 49.4 Å². The Labute approximate surface area is 188 Å². The number of carbonyl (C=O) groups excluding carboxylic acids is 2. The van der Waals surface area contributed by atoms with Crippen molar-refractivity contribution in [2.75, 3.05) is 32.8 Å². The standard InChI is InChI=1S/C26H28N2O4/c1-19-6-2-4-8-21(19)26(30)27-13-12-25(29)32-24-11-10-20-7-3-5-9-22(20)23(24)18-28-14-16-31-17-15-28/h2-11H,12-18H2,1H3,(H,27,30). The first-order valence-corrected chi connectivity index (χ1v) is 11.0. The molecule has 0 spiro atoms. The van der Waals surface area contributed by atoms with Gasteiger partial charge in [0.05, 0.1) is 19.6 Å². The quantitative estimate of drug-likeness (QED) is 0.455. The van der Waals surface area contributed by atoms with Crippen molar-refractivity contribution in [3.05, 3.63) is 77.4 Å². The molecule has 4 rings (SSSR count). The fraction of sp³-hybridized carbons (Fsp3) is 0.308. The summed E-state index contributed by atoms with van der Waals surface area (Å²) < 4.78 is 11.2. The Kier molecular flexibility index (Phi) is 7.14. The number of carbonyl (C=O) groups is 2. The van der Waals surface area contributed by atoms with E-state index in [0.29, 0.717) is 31.1 Å². The first-order valence-electron chi connectivity index (χ1n) is 11.0. The van der Waals surface area contributed by atoms with E-state index in [-0.39, 0.29) is 24.8 Å². The minimum atomic E-state index is -0.367. The van der Waals surface area contributed by atoms with E-state index in [1.165, 1.54) is 0 Å². The summed E-state index contributed by atoms with van der Waals surface area (Å²) in [6.45, 7) is 5.92. The average molecular weight is 433 g/mol. The number of esters is 1. The number of nitrogens with one attached hydrogen (secondary N) is 1. The Morgan fingerprint density at radius 2 is 1.75 bits per heavy atom. The van der Waals surface area contributed by atoms with Gasteiger partial charge in [-0.15, -0.1) is 0 Å². The smallest absolute Gasteiger partial charge is 0.312 e. The first kappa shape index (κ1) is 22.0. The third kappa shape index (κ3) is 5.33. The summed E-state index contributed by atoms with van der Waals surface area (Å²) in [5.41, 5.74) is 2.52. The Morgan fingerprint density at radius 3 is 2.56 bits per heavy atom. The molecule has 0 unspecified atom stereocenters. The maximum absolute atomic E-state index is 12.6. The summed E-state index contributed by atoms with van der Waals surface area (Å²) in [4.78, 5) is 27.2. The lowest BCUT2D eigenvalue weighted by Gasteiger charge is -2.27. The lowest BCUT2D eigenvalue weighted by molar-refractivity contribution is -0.134. The molecule has 3 aromatic carbocycles. The third-order valence-electron chi connectivity index (χ3n) is 5.71. The number of benzene rings is 3. The predicted molar refractivity (Wildman–Crippen MR) is 124 cm³/mol. The van der Waals surface area contributed by atoms with E-state index in [0.717, 1.165) is 35.0 Å². The summed E-state index contributed by atoms with van der Waals surface area (Å²) in [7, 11) is 0. The Hall–Kier alpha value is -3.22. The SMILES string of the molecule is Cc1ccccc1C(=O)NCCC(=O)Oc1ccc2ccccc2c1CN1CCOCC1. The maximum atomic E-state index is 12.6. The molecule has 1 saturated heterocycles. The van der Waals surface area contributed by atoms with Crippen LogP contribution in [0.15, 0.2) is 60.7 Å². The van der Waals surface area contributed by atoms with Gasteiger partial charge in [-0.2, -0.15) is 0 Å². The molecule has 0 radical (unpaired) electrons. The second-order valence-corrected chi connectivity index (χ2v) is 7.95. The molecule has 166 valence electrons. The molecule has 1 heterocycles. The Bertz CT molecular complexity index is 1110. The van der Waals surface area contributed by atoms with Crippen LogP contribution in [0.2, 0.25) is 0 Å². The maximum Gasteiger partial charge on any atom is 0.312 e. The molecular formula is C26H28N2O4. The highest BCUT2D eigenvalue weighted by molar-refractivity contribution is 5.95. The van der Waals surface area contributed by atoms with Crippen molar-refractivity contribution in [1.29, 1.82) is 0 Å². The van der Waals surface area contributed by atoms with Crippen LogP contribution in [0.1, 0.15) is 27.9 Å². The van der Waals surface area contributed by atoms with Crippen molar-refractivity contribution in [2.24, 2.45) is 0 Å². The lowest BCUT2D eigenvalue weighted by Crippen LogP contribution is -2.35. The minimum absolute atomic E-state index is 0.0987. The summed E-state index contributed by atoms with van der Waals surface area (Å²) in [6.07, 6.45) is 0.0987. The molecule has 0 aromatic heterocycles. The summed E-state index contributed by atoms with van der Waals surface area (Å²) in [5.74, 6) is 0.0219. The van der Waals surface area contributed by atoms with Crippen molar-refractivity contribution >= 4 is 22.6 Å². The van der Waals surface area contributed by atoms with Gasteiger partial charge in [0.15, 0.2) is 0 Å². The highest BCUT2D eigenvalue weighted by atomic mass is 16.5. The van der Waals surface area contributed by atoms with Gasteiger partial charge >= 0.3 is 5.97 Å². The third-order valence-corrected chi connectivity index (χ3v) is 5.71. The van der Waals surface area contributed by atoms with Crippen molar-refractivity contribution in [2.45, 2.75) is 19.9 Å². The van der Waals surface area contributed by atoms with E-state index >= 15 is 0 Å².